The standard InChI is InChI=1S/C19H23ClO/c1-18-8-14-6-15(9-18)11-19(10-14,12-18)17(21)7-13-2-4-16(20)5-3-13/h2-5,14-15H,6-12H2,1H3. The van der Waals surface area contributed by atoms with Crippen molar-refractivity contribution >= 4 is 17.4 Å². The molecule has 1 nitrogen and oxygen atoms in total. The number of Topliss-reactive ketones (excluding diaryl/α,β-unsaturated/α-hetero) is 1. The van der Waals surface area contributed by atoms with E-state index in [1.54, 1.807) is 0 Å². The van der Waals surface area contributed by atoms with E-state index in [2.05, 4.69) is 6.92 Å². The largest absolute Gasteiger partial charge is 0.299 e. The molecule has 5 rings (SSSR count). The summed E-state index contributed by atoms with van der Waals surface area (Å²) < 4.78 is 0. The average molecular weight is 303 g/mol. The molecule has 0 saturated heterocycles. The monoisotopic (exact) mass is 302 g/mol. The van der Waals surface area contributed by atoms with Crippen LogP contribution in [0, 0.1) is 22.7 Å². The van der Waals surface area contributed by atoms with Gasteiger partial charge in [0.15, 0.2) is 0 Å². The van der Waals surface area contributed by atoms with Crippen molar-refractivity contribution in [3.63, 3.8) is 0 Å². The minimum absolute atomic E-state index is 0.00152. The van der Waals surface area contributed by atoms with Crippen LogP contribution in [-0.4, -0.2) is 5.78 Å². The van der Waals surface area contributed by atoms with E-state index in [-0.39, 0.29) is 5.41 Å². The van der Waals surface area contributed by atoms with Gasteiger partial charge in [-0.2, -0.15) is 0 Å². The van der Waals surface area contributed by atoms with Crippen LogP contribution in [0.5, 0.6) is 0 Å². The van der Waals surface area contributed by atoms with Gasteiger partial charge in [0.05, 0.1) is 0 Å². The lowest BCUT2D eigenvalue weighted by atomic mass is 9.43. The van der Waals surface area contributed by atoms with Crippen LogP contribution in [0.3, 0.4) is 0 Å². The molecule has 0 spiro atoms. The van der Waals surface area contributed by atoms with Gasteiger partial charge in [-0.25, -0.2) is 0 Å². The van der Waals surface area contributed by atoms with Crippen LogP contribution in [0.25, 0.3) is 0 Å². The number of halogens is 1. The summed E-state index contributed by atoms with van der Waals surface area (Å²) in [6, 6.07) is 7.79. The van der Waals surface area contributed by atoms with Gasteiger partial charge < -0.3 is 0 Å². The molecule has 0 aromatic heterocycles. The quantitative estimate of drug-likeness (QED) is 0.763. The maximum atomic E-state index is 13.1. The number of hydrogen-bond donors (Lipinski definition) is 0. The van der Waals surface area contributed by atoms with Crippen LogP contribution >= 0.6 is 11.6 Å². The van der Waals surface area contributed by atoms with Gasteiger partial charge in [0.25, 0.3) is 0 Å². The van der Waals surface area contributed by atoms with Gasteiger partial charge in [0.1, 0.15) is 5.78 Å². The third kappa shape index (κ3) is 2.34. The zero-order valence-corrected chi connectivity index (χ0v) is 13.5. The third-order valence-corrected chi connectivity index (χ3v) is 6.48. The molecule has 2 unspecified atom stereocenters. The van der Waals surface area contributed by atoms with Crippen LogP contribution in [-0.2, 0) is 11.2 Å². The fraction of sp³-hybridized carbons (Fsp3) is 0.632. The highest BCUT2D eigenvalue weighted by Crippen LogP contribution is 2.65. The minimum atomic E-state index is -0.00152. The maximum Gasteiger partial charge on any atom is 0.143 e. The molecule has 4 bridgehead atoms. The molecule has 2 atom stereocenters. The summed E-state index contributed by atoms with van der Waals surface area (Å²) in [7, 11) is 0. The van der Waals surface area contributed by atoms with Gasteiger partial charge >= 0.3 is 0 Å². The number of carbonyl (C=O) groups excluding carboxylic acids is 1. The number of benzene rings is 1. The molecule has 0 heterocycles. The maximum absolute atomic E-state index is 13.1. The highest BCUT2D eigenvalue weighted by atomic mass is 35.5. The van der Waals surface area contributed by atoms with E-state index in [1.165, 1.54) is 19.3 Å². The summed E-state index contributed by atoms with van der Waals surface area (Å²) in [6.07, 6.45) is 8.15. The normalized spacial score (nSPS) is 40.5. The van der Waals surface area contributed by atoms with E-state index in [1.807, 2.05) is 24.3 Å². The first-order chi connectivity index (χ1) is 9.96. The molecule has 21 heavy (non-hydrogen) atoms. The second-order valence-corrected chi connectivity index (χ2v) is 8.71. The molecule has 4 aliphatic carbocycles. The fourth-order valence-electron chi connectivity index (χ4n) is 6.02. The number of hydrogen-bond acceptors (Lipinski definition) is 1. The van der Waals surface area contributed by atoms with Gasteiger partial charge in [-0.1, -0.05) is 30.7 Å². The van der Waals surface area contributed by atoms with Gasteiger partial charge in [-0.15, -0.1) is 0 Å². The van der Waals surface area contributed by atoms with Crippen molar-refractivity contribution in [1.82, 2.24) is 0 Å². The summed E-state index contributed by atoms with van der Waals surface area (Å²) in [5, 5.41) is 0.744. The summed E-state index contributed by atoms with van der Waals surface area (Å²) in [4.78, 5) is 13.1. The number of rotatable bonds is 3. The highest BCUT2D eigenvalue weighted by Gasteiger charge is 2.58. The number of carbonyl (C=O) groups is 1. The Hall–Kier alpha value is -0.820. The summed E-state index contributed by atoms with van der Waals surface area (Å²) in [6.45, 7) is 2.43. The number of ketones is 1. The zero-order valence-electron chi connectivity index (χ0n) is 12.7. The average Bonchev–Trinajstić information content (AvgIpc) is 2.38. The second-order valence-electron chi connectivity index (χ2n) is 8.28. The van der Waals surface area contributed by atoms with E-state index in [0.29, 0.717) is 17.6 Å². The molecule has 0 aliphatic heterocycles. The summed E-state index contributed by atoms with van der Waals surface area (Å²) in [5.41, 5.74) is 1.56. The second kappa shape index (κ2) is 4.59. The predicted octanol–water partition coefficient (Wildman–Crippen LogP) is 5.06. The minimum Gasteiger partial charge on any atom is -0.299 e. The first kappa shape index (κ1) is 13.8. The lowest BCUT2D eigenvalue weighted by Gasteiger charge is -2.60. The molecule has 0 radical (unpaired) electrons. The van der Waals surface area contributed by atoms with Crippen LogP contribution in [0.2, 0.25) is 5.02 Å². The van der Waals surface area contributed by atoms with Crippen molar-refractivity contribution in [2.75, 3.05) is 0 Å². The van der Waals surface area contributed by atoms with E-state index in [0.717, 1.165) is 41.7 Å². The molecule has 2 heteroatoms. The lowest BCUT2D eigenvalue weighted by molar-refractivity contribution is -0.152. The van der Waals surface area contributed by atoms with Crippen LogP contribution in [0.4, 0.5) is 0 Å². The summed E-state index contributed by atoms with van der Waals surface area (Å²) >= 11 is 5.94. The van der Waals surface area contributed by atoms with Crippen LogP contribution in [0.1, 0.15) is 51.0 Å². The molecule has 4 aliphatic rings. The Morgan fingerprint density at radius 1 is 1.14 bits per heavy atom. The van der Waals surface area contributed by atoms with Crippen LogP contribution in [0.15, 0.2) is 24.3 Å². The third-order valence-electron chi connectivity index (χ3n) is 6.22. The SMILES string of the molecule is CC12CC3CC(C1)CC(C(=O)Cc1ccc(Cl)cc1)(C3)C2. The molecular weight excluding hydrogens is 280 g/mol. The van der Waals surface area contributed by atoms with Crippen molar-refractivity contribution < 1.29 is 4.79 Å². The molecular formula is C19H23ClO. The van der Waals surface area contributed by atoms with Crippen molar-refractivity contribution in [3.05, 3.63) is 34.9 Å². The van der Waals surface area contributed by atoms with E-state index in [9.17, 15) is 4.79 Å². The summed E-state index contributed by atoms with van der Waals surface area (Å²) in [5.74, 6) is 2.11. The van der Waals surface area contributed by atoms with Crippen molar-refractivity contribution in [2.24, 2.45) is 22.7 Å². The van der Waals surface area contributed by atoms with E-state index < -0.39 is 0 Å². The molecule has 112 valence electrons. The molecule has 1 aromatic rings. The predicted molar refractivity (Wildman–Crippen MR) is 85.4 cm³/mol. The van der Waals surface area contributed by atoms with E-state index in [4.69, 9.17) is 11.6 Å². The highest BCUT2D eigenvalue weighted by molar-refractivity contribution is 6.30. The Labute approximate surface area is 132 Å². The Bertz CT molecular complexity index is 560. The van der Waals surface area contributed by atoms with Crippen molar-refractivity contribution in [3.8, 4) is 0 Å². The Morgan fingerprint density at radius 3 is 2.33 bits per heavy atom. The fourth-order valence-corrected chi connectivity index (χ4v) is 6.15. The van der Waals surface area contributed by atoms with Gasteiger partial charge in [0, 0.05) is 16.9 Å². The van der Waals surface area contributed by atoms with Crippen LogP contribution < -0.4 is 0 Å². The first-order valence-corrected chi connectivity index (χ1v) is 8.62. The van der Waals surface area contributed by atoms with Gasteiger partial charge in [0.2, 0.25) is 0 Å². The topological polar surface area (TPSA) is 17.1 Å². The zero-order chi connectivity index (χ0) is 14.7. The molecule has 1 aromatic carbocycles. The molecule has 4 saturated carbocycles. The molecule has 4 fully saturated rings. The van der Waals surface area contributed by atoms with E-state index >= 15 is 0 Å². The van der Waals surface area contributed by atoms with Crippen molar-refractivity contribution in [1.29, 1.82) is 0 Å². The smallest absolute Gasteiger partial charge is 0.143 e. The molecule has 0 amide bonds. The van der Waals surface area contributed by atoms with Gasteiger partial charge in [-0.05, 0) is 73.5 Å². The van der Waals surface area contributed by atoms with Crippen molar-refractivity contribution in [2.45, 2.75) is 51.9 Å². The van der Waals surface area contributed by atoms with Gasteiger partial charge in [-0.3, -0.25) is 4.79 Å². The lowest BCUT2D eigenvalue weighted by Crippen LogP contribution is -2.54. The Balaban J connectivity index is 1.57. The molecule has 0 N–H and O–H groups in total. The first-order valence-electron chi connectivity index (χ1n) is 8.24. The Morgan fingerprint density at radius 2 is 1.76 bits per heavy atom. The Kier molecular flexibility index (Phi) is 3.02.